The van der Waals surface area contributed by atoms with Crippen molar-refractivity contribution >= 4 is 17.2 Å². The van der Waals surface area contributed by atoms with Crippen LogP contribution >= 0.6 is 0 Å². The number of aliphatic imine (C=N–C) groups is 1. The fourth-order valence-corrected chi connectivity index (χ4v) is 3.34. The van der Waals surface area contributed by atoms with E-state index in [0.717, 1.165) is 52.5 Å². The van der Waals surface area contributed by atoms with Gasteiger partial charge in [0, 0.05) is 24.2 Å². The molecule has 1 heterocycles. The molecule has 151 valence electrons. The molecule has 0 fully saturated rings. The van der Waals surface area contributed by atoms with Crippen LogP contribution < -0.4 is 10.1 Å². The van der Waals surface area contributed by atoms with Gasteiger partial charge in [-0.2, -0.15) is 0 Å². The average Bonchev–Trinajstić information content (AvgIpc) is 3.25. The zero-order valence-corrected chi connectivity index (χ0v) is 17.1. The fourth-order valence-electron chi connectivity index (χ4n) is 3.34. The van der Waals surface area contributed by atoms with Crippen molar-refractivity contribution in [3.05, 3.63) is 102 Å². The maximum atomic E-state index is 5.82. The molecular weight excluding hydrogens is 372 g/mol. The van der Waals surface area contributed by atoms with Crippen molar-refractivity contribution < 1.29 is 9.47 Å². The molecule has 4 nitrogen and oxygen atoms in total. The smallest absolute Gasteiger partial charge is 0.129 e. The third-order valence-electron chi connectivity index (χ3n) is 4.92. The van der Waals surface area contributed by atoms with Crippen LogP contribution in [0.2, 0.25) is 0 Å². The van der Waals surface area contributed by atoms with Gasteiger partial charge >= 0.3 is 0 Å². The molecule has 0 aliphatic carbocycles. The molecule has 3 aromatic carbocycles. The maximum Gasteiger partial charge on any atom is 0.129 e. The number of ether oxygens (including phenoxy) is 2. The van der Waals surface area contributed by atoms with Crippen molar-refractivity contribution in [3.8, 4) is 5.75 Å². The van der Waals surface area contributed by atoms with Gasteiger partial charge in [0.15, 0.2) is 0 Å². The second-order valence-electron chi connectivity index (χ2n) is 7.07. The first-order valence-corrected chi connectivity index (χ1v) is 10.2. The Morgan fingerprint density at radius 3 is 2.00 bits per heavy atom. The summed E-state index contributed by atoms with van der Waals surface area (Å²) in [4.78, 5) is 4.85. The van der Waals surface area contributed by atoms with E-state index < -0.39 is 0 Å². The van der Waals surface area contributed by atoms with Crippen LogP contribution in [0.1, 0.15) is 29.5 Å². The number of hydrogen-bond acceptors (Lipinski definition) is 3. The lowest BCUT2D eigenvalue weighted by molar-refractivity contribution is 0.119. The van der Waals surface area contributed by atoms with Crippen LogP contribution in [-0.4, -0.2) is 19.6 Å². The Kier molecular flexibility index (Phi) is 6.58. The lowest BCUT2D eigenvalue weighted by Gasteiger charge is -2.07. The van der Waals surface area contributed by atoms with Gasteiger partial charge in [-0.05, 0) is 24.1 Å². The summed E-state index contributed by atoms with van der Waals surface area (Å²) in [5.41, 5.74) is 5.20. The van der Waals surface area contributed by atoms with E-state index in [1.54, 1.807) is 7.11 Å². The highest BCUT2D eigenvalue weighted by Crippen LogP contribution is 2.31. The zero-order chi connectivity index (χ0) is 20.6. The minimum Gasteiger partial charge on any atom is -0.497 e. The number of methoxy groups -OCH3 is 1. The highest BCUT2D eigenvalue weighted by atomic mass is 16.5. The summed E-state index contributed by atoms with van der Waals surface area (Å²) in [7, 11) is 1.67. The highest BCUT2D eigenvalue weighted by Gasteiger charge is 2.21. The number of amidine groups is 1. The van der Waals surface area contributed by atoms with E-state index in [-0.39, 0.29) is 0 Å². The van der Waals surface area contributed by atoms with Crippen molar-refractivity contribution in [1.82, 2.24) is 5.32 Å². The monoisotopic (exact) mass is 397 g/mol. The lowest BCUT2D eigenvalue weighted by atomic mass is 10.1. The van der Waals surface area contributed by atoms with Gasteiger partial charge in [0.05, 0.1) is 25.1 Å². The average molecular weight is 397 g/mol. The molecule has 0 saturated carbocycles. The van der Waals surface area contributed by atoms with E-state index >= 15 is 0 Å². The van der Waals surface area contributed by atoms with Crippen LogP contribution in [0.15, 0.2) is 89.9 Å². The first kappa shape index (κ1) is 19.9. The van der Waals surface area contributed by atoms with Gasteiger partial charge in [-0.1, -0.05) is 72.8 Å². The van der Waals surface area contributed by atoms with E-state index in [2.05, 4.69) is 24.3 Å². The summed E-state index contributed by atoms with van der Waals surface area (Å²) < 4.78 is 11.0. The SMILES string of the molecule is COc1ccc(COCCCC2=NC(c3ccccc3)=C(c3ccccc3)[N]2)cc1. The number of nitrogens with zero attached hydrogens (tertiary/aromatic N) is 2. The molecule has 1 aliphatic heterocycles. The number of rotatable bonds is 9. The minimum atomic E-state index is 0.594. The van der Waals surface area contributed by atoms with Gasteiger partial charge in [-0.15, -0.1) is 0 Å². The fraction of sp³-hybridized carbons (Fsp3) is 0.192. The third kappa shape index (κ3) is 4.97. The predicted octanol–water partition coefficient (Wildman–Crippen LogP) is 5.53. The third-order valence-corrected chi connectivity index (χ3v) is 4.92. The van der Waals surface area contributed by atoms with Crippen molar-refractivity contribution in [2.45, 2.75) is 19.4 Å². The molecule has 0 atom stereocenters. The molecule has 3 aromatic rings. The van der Waals surface area contributed by atoms with Crippen molar-refractivity contribution in [2.24, 2.45) is 4.99 Å². The van der Waals surface area contributed by atoms with E-state index in [9.17, 15) is 0 Å². The topological polar surface area (TPSA) is 44.9 Å². The van der Waals surface area contributed by atoms with E-state index in [1.165, 1.54) is 0 Å². The maximum absolute atomic E-state index is 5.82. The van der Waals surface area contributed by atoms with Gasteiger partial charge in [-0.25, -0.2) is 10.3 Å². The summed E-state index contributed by atoms with van der Waals surface area (Å²) in [6, 6.07) is 28.4. The molecule has 0 unspecified atom stereocenters. The first-order valence-electron chi connectivity index (χ1n) is 10.2. The van der Waals surface area contributed by atoms with Crippen molar-refractivity contribution in [3.63, 3.8) is 0 Å². The van der Waals surface area contributed by atoms with Gasteiger partial charge in [-0.3, -0.25) is 0 Å². The molecule has 4 heteroatoms. The van der Waals surface area contributed by atoms with Crippen LogP contribution in [0.4, 0.5) is 0 Å². The molecular formula is C26H25N2O2. The Balaban J connectivity index is 1.34. The van der Waals surface area contributed by atoms with E-state index in [1.807, 2.05) is 60.7 Å². The highest BCUT2D eigenvalue weighted by molar-refractivity contribution is 6.07. The summed E-state index contributed by atoms with van der Waals surface area (Å²) in [5.74, 6) is 1.72. The zero-order valence-electron chi connectivity index (χ0n) is 17.1. The van der Waals surface area contributed by atoms with Gasteiger partial charge in [0.25, 0.3) is 0 Å². The van der Waals surface area contributed by atoms with Crippen molar-refractivity contribution in [1.29, 1.82) is 0 Å². The quantitative estimate of drug-likeness (QED) is 0.445. The summed E-state index contributed by atoms with van der Waals surface area (Å²) >= 11 is 0. The molecule has 30 heavy (non-hydrogen) atoms. The van der Waals surface area contributed by atoms with Gasteiger partial charge in [0.2, 0.25) is 0 Å². The summed E-state index contributed by atoms with van der Waals surface area (Å²) in [6.07, 6.45) is 1.66. The molecule has 0 spiro atoms. The molecule has 0 aromatic heterocycles. The molecule has 0 amide bonds. The van der Waals surface area contributed by atoms with Crippen LogP contribution in [0.3, 0.4) is 0 Å². The van der Waals surface area contributed by atoms with Gasteiger partial charge < -0.3 is 9.47 Å². The van der Waals surface area contributed by atoms with Crippen LogP contribution in [0, 0.1) is 0 Å². The van der Waals surface area contributed by atoms with E-state index in [4.69, 9.17) is 19.8 Å². The second kappa shape index (κ2) is 9.90. The molecule has 1 aliphatic rings. The Morgan fingerprint density at radius 2 is 1.37 bits per heavy atom. The minimum absolute atomic E-state index is 0.594. The lowest BCUT2D eigenvalue weighted by Crippen LogP contribution is -2.11. The molecule has 0 N–H and O–H groups in total. The van der Waals surface area contributed by atoms with Gasteiger partial charge in [0.1, 0.15) is 11.6 Å². The van der Waals surface area contributed by atoms with Crippen LogP contribution in [-0.2, 0) is 11.3 Å². The number of hydrogen-bond donors (Lipinski definition) is 0. The van der Waals surface area contributed by atoms with Crippen molar-refractivity contribution in [2.75, 3.05) is 13.7 Å². The Labute approximate surface area is 177 Å². The second-order valence-corrected chi connectivity index (χ2v) is 7.07. The molecule has 4 rings (SSSR count). The summed E-state index contributed by atoms with van der Waals surface area (Å²) in [6.45, 7) is 1.26. The molecule has 0 saturated heterocycles. The van der Waals surface area contributed by atoms with Crippen LogP contribution in [0.5, 0.6) is 5.75 Å². The van der Waals surface area contributed by atoms with E-state index in [0.29, 0.717) is 13.2 Å². The Hall–Kier alpha value is -3.37. The normalized spacial score (nSPS) is 13.2. The predicted molar refractivity (Wildman–Crippen MR) is 121 cm³/mol. The number of benzene rings is 3. The molecule has 0 bridgehead atoms. The molecule has 1 radical (unpaired) electrons. The standard InChI is InChI=1S/C26H25N2O2/c1-29-23-16-14-20(15-17-23)19-30-18-8-13-24-27-25(21-9-4-2-5-10-21)26(28-24)22-11-6-3-7-12-22/h2-7,9-12,14-17H,8,13,18-19H2,1H3. The Morgan fingerprint density at radius 1 is 0.733 bits per heavy atom. The Bertz CT molecular complexity index is 1010. The first-order chi connectivity index (χ1) is 14.8. The van der Waals surface area contributed by atoms with Crippen LogP contribution in [0.25, 0.3) is 11.4 Å². The largest absolute Gasteiger partial charge is 0.497 e. The summed E-state index contributed by atoms with van der Waals surface area (Å²) in [5, 5.41) is 4.85.